The van der Waals surface area contributed by atoms with Gasteiger partial charge in [-0.05, 0) is 36.9 Å². The smallest absolute Gasteiger partial charge is 0.168 e. The fraction of sp³-hybridized carbons (Fsp3) is 0.143. The SMILES string of the molecule is CNCc1ccc(Oc2ccc(F)cc2F)cc1Br. The lowest BCUT2D eigenvalue weighted by Gasteiger charge is -2.09. The Hall–Kier alpha value is -1.46. The third-order valence-corrected chi connectivity index (χ3v) is 3.25. The molecule has 2 aromatic rings. The molecule has 0 spiro atoms. The van der Waals surface area contributed by atoms with Gasteiger partial charge in [0.05, 0.1) is 0 Å². The van der Waals surface area contributed by atoms with Gasteiger partial charge in [-0.2, -0.15) is 0 Å². The molecule has 0 amide bonds. The zero-order chi connectivity index (χ0) is 13.8. The molecule has 0 aliphatic rings. The second kappa shape index (κ2) is 6.12. The van der Waals surface area contributed by atoms with E-state index in [1.165, 1.54) is 6.07 Å². The Morgan fingerprint density at radius 2 is 1.95 bits per heavy atom. The van der Waals surface area contributed by atoms with Gasteiger partial charge in [0.15, 0.2) is 11.6 Å². The lowest BCUT2D eigenvalue weighted by atomic mass is 10.2. The van der Waals surface area contributed by atoms with E-state index in [2.05, 4.69) is 21.2 Å². The van der Waals surface area contributed by atoms with Crippen molar-refractivity contribution in [2.45, 2.75) is 6.54 Å². The van der Waals surface area contributed by atoms with Crippen molar-refractivity contribution in [1.29, 1.82) is 0 Å². The fourth-order valence-electron chi connectivity index (χ4n) is 1.61. The Balaban J connectivity index is 2.21. The first kappa shape index (κ1) is 14.0. The molecule has 2 aromatic carbocycles. The zero-order valence-corrected chi connectivity index (χ0v) is 11.8. The Morgan fingerprint density at radius 3 is 2.58 bits per heavy atom. The number of halogens is 3. The van der Waals surface area contributed by atoms with E-state index in [1.54, 1.807) is 12.1 Å². The minimum Gasteiger partial charge on any atom is -0.454 e. The molecule has 0 heterocycles. The molecule has 19 heavy (non-hydrogen) atoms. The molecule has 0 saturated carbocycles. The Labute approximate surface area is 118 Å². The van der Waals surface area contributed by atoms with Gasteiger partial charge < -0.3 is 10.1 Å². The largest absolute Gasteiger partial charge is 0.454 e. The highest BCUT2D eigenvalue weighted by Gasteiger charge is 2.07. The fourth-order valence-corrected chi connectivity index (χ4v) is 2.11. The standard InChI is InChI=1S/C14H12BrF2NO/c1-18-8-9-2-4-11(7-12(9)15)19-14-5-3-10(16)6-13(14)17/h2-7,18H,8H2,1H3. The average molecular weight is 328 g/mol. The number of rotatable bonds is 4. The number of ether oxygens (including phenoxy) is 1. The van der Waals surface area contributed by atoms with Crippen molar-refractivity contribution >= 4 is 15.9 Å². The van der Waals surface area contributed by atoms with E-state index in [9.17, 15) is 8.78 Å². The average Bonchev–Trinajstić information content (AvgIpc) is 2.36. The maximum atomic E-state index is 13.4. The molecule has 2 rings (SSSR count). The van der Waals surface area contributed by atoms with E-state index in [-0.39, 0.29) is 5.75 Å². The van der Waals surface area contributed by atoms with Crippen LogP contribution >= 0.6 is 15.9 Å². The van der Waals surface area contributed by atoms with E-state index in [1.807, 2.05) is 13.1 Å². The summed E-state index contributed by atoms with van der Waals surface area (Å²) in [6.45, 7) is 0.714. The van der Waals surface area contributed by atoms with Crippen LogP contribution < -0.4 is 10.1 Å². The van der Waals surface area contributed by atoms with Crippen molar-refractivity contribution in [3.63, 3.8) is 0 Å². The topological polar surface area (TPSA) is 21.3 Å². The molecular weight excluding hydrogens is 316 g/mol. The van der Waals surface area contributed by atoms with Crippen LogP contribution in [-0.4, -0.2) is 7.05 Å². The Kier molecular flexibility index (Phi) is 4.50. The monoisotopic (exact) mass is 327 g/mol. The van der Waals surface area contributed by atoms with Crippen molar-refractivity contribution in [1.82, 2.24) is 5.32 Å². The minimum atomic E-state index is -0.726. The minimum absolute atomic E-state index is 0.00494. The van der Waals surface area contributed by atoms with Crippen LogP contribution in [0.2, 0.25) is 0 Å². The molecule has 0 unspecified atom stereocenters. The molecule has 0 aromatic heterocycles. The van der Waals surface area contributed by atoms with Crippen LogP contribution in [0.3, 0.4) is 0 Å². The van der Waals surface area contributed by atoms with Crippen molar-refractivity contribution in [2.24, 2.45) is 0 Å². The molecule has 0 fully saturated rings. The second-order valence-corrected chi connectivity index (χ2v) is 4.81. The number of nitrogens with one attached hydrogen (secondary N) is 1. The molecule has 1 N–H and O–H groups in total. The quantitative estimate of drug-likeness (QED) is 0.906. The van der Waals surface area contributed by atoms with Gasteiger partial charge in [-0.15, -0.1) is 0 Å². The lowest BCUT2D eigenvalue weighted by Crippen LogP contribution is -2.05. The highest BCUT2D eigenvalue weighted by Crippen LogP contribution is 2.28. The maximum Gasteiger partial charge on any atom is 0.168 e. The van der Waals surface area contributed by atoms with Crippen molar-refractivity contribution in [3.8, 4) is 11.5 Å². The van der Waals surface area contributed by atoms with E-state index in [4.69, 9.17) is 4.74 Å². The molecule has 0 radical (unpaired) electrons. The number of hydrogen-bond donors (Lipinski definition) is 1. The summed E-state index contributed by atoms with van der Waals surface area (Å²) in [6, 6.07) is 8.57. The van der Waals surface area contributed by atoms with Gasteiger partial charge in [0, 0.05) is 17.1 Å². The van der Waals surface area contributed by atoms with Gasteiger partial charge in [-0.25, -0.2) is 8.78 Å². The molecule has 0 aliphatic carbocycles. The molecule has 0 aliphatic heterocycles. The van der Waals surface area contributed by atoms with E-state index in [0.717, 1.165) is 22.2 Å². The van der Waals surface area contributed by atoms with Crippen molar-refractivity contribution in [3.05, 3.63) is 58.1 Å². The Bertz CT molecular complexity index is 590. The van der Waals surface area contributed by atoms with Gasteiger partial charge in [0.25, 0.3) is 0 Å². The third kappa shape index (κ3) is 3.52. The highest BCUT2D eigenvalue weighted by atomic mass is 79.9. The molecule has 5 heteroatoms. The summed E-state index contributed by atoms with van der Waals surface area (Å²) >= 11 is 3.42. The van der Waals surface area contributed by atoms with E-state index < -0.39 is 11.6 Å². The predicted molar refractivity (Wildman–Crippen MR) is 73.3 cm³/mol. The zero-order valence-electron chi connectivity index (χ0n) is 10.2. The summed E-state index contributed by atoms with van der Waals surface area (Å²) in [5.41, 5.74) is 1.06. The Morgan fingerprint density at radius 1 is 1.16 bits per heavy atom. The summed E-state index contributed by atoms with van der Waals surface area (Å²) < 4.78 is 32.5. The molecule has 100 valence electrons. The second-order valence-electron chi connectivity index (χ2n) is 3.96. The van der Waals surface area contributed by atoms with Crippen molar-refractivity contribution in [2.75, 3.05) is 7.05 Å². The highest BCUT2D eigenvalue weighted by molar-refractivity contribution is 9.10. The van der Waals surface area contributed by atoms with Crippen LogP contribution in [0.4, 0.5) is 8.78 Å². The summed E-state index contributed by atoms with van der Waals surface area (Å²) in [7, 11) is 1.85. The van der Waals surface area contributed by atoms with Crippen LogP contribution in [0.1, 0.15) is 5.56 Å². The van der Waals surface area contributed by atoms with Gasteiger partial charge >= 0.3 is 0 Å². The third-order valence-electron chi connectivity index (χ3n) is 2.51. The van der Waals surface area contributed by atoms with Gasteiger partial charge in [-0.1, -0.05) is 22.0 Å². The maximum absolute atomic E-state index is 13.4. The molecule has 0 atom stereocenters. The van der Waals surface area contributed by atoms with E-state index in [0.29, 0.717) is 12.3 Å². The van der Waals surface area contributed by atoms with Crippen molar-refractivity contribution < 1.29 is 13.5 Å². The van der Waals surface area contributed by atoms with E-state index >= 15 is 0 Å². The normalized spacial score (nSPS) is 10.5. The van der Waals surface area contributed by atoms with Gasteiger partial charge in [-0.3, -0.25) is 0 Å². The van der Waals surface area contributed by atoms with Crippen LogP contribution in [0, 0.1) is 11.6 Å². The first-order chi connectivity index (χ1) is 9.10. The first-order valence-corrected chi connectivity index (χ1v) is 6.45. The van der Waals surface area contributed by atoms with Gasteiger partial charge in [0.1, 0.15) is 11.6 Å². The molecule has 2 nitrogen and oxygen atoms in total. The van der Waals surface area contributed by atoms with Crippen LogP contribution in [0.15, 0.2) is 40.9 Å². The first-order valence-electron chi connectivity index (χ1n) is 5.66. The summed E-state index contributed by atoms with van der Waals surface area (Å²) in [5, 5.41) is 3.04. The molecule has 0 bridgehead atoms. The molecule has 0 saturated heterocycles. The number of hydrogen-bond acceptors (Lipinski definition) is 2. The summed E-state index contributed by atoms with van der Waals surface area (Å²) in [4.78, 5) is 0. The molecular formula is C14H12BrF2NO. The van der Waals surface area contributed by atoms with Crippen LogP contribution in [0.5, 0.6) is 11.5 Å². The summed E-state index contributed by atoms with van der Waals surface area (Å²) in [6.07, 6.45) is 0. The van der Waals surface area contributed by atoms with Crippen LogP contribution in [-0.2, 0) is 6.54 Å². The predicted octanol–water partition coefficient (Wildman–Crippen LogP) is 4.24. The van der Waals surface area contributed by atoms with Gasteiger partial charge in [0.2, 0.25) is 0 Å². The lowest BCUT2D eigenvalue weighted by molar-refractivity contribution is 0.437. The number of benzene rings is 2. The summed E-state index contributed by atoms with van der Waals surface area (Å²) in [5.74, 6) is -0.877. The van der Waals surface area contributed by atoms with Crippen LogP contribution in [0.25, 0.3) is 0 Å².